The van der Waals surface area contributed by atoms with Crippen LogP contribution in [0.4, 0.5) is 5.82 Å². The van der Waals surface area contributed by atoms with Crippen LogP contribution in [0.5, 0.6) is 0 Å². The number of hydrogen-bond donors (Lipinski definition) is 1. The molecule has 0 aliphatic carbocycles. The number of aldehydes is 1. The van der Waals surface area contributed by atoms with Gasteiger partial charge in [0.05, 0.1) is 18.6 Å². The first kappa shape index (κ1) is 17.1. The molecule has 6 rings (SSSR count). The fourth-order valence-corrected chi connectivity index (χ4v) is 3.99. The summed E-state index contributed by atoms with van der Waals surface area (Å²) in [5.41, 5.74) is 4.10. The monoisotopic (exact) mass is 399 g/mol. The zero-order chi connectivity index (χ0) is 20.1. The third-order valence-corrected chi connectivity index (χ3v) is 5.46. The van der Waals surface area contributed by atoms with Crippen molar-refractivity contribution < 1.29 is 13.9 Å². The Hall–Kier alpha value is -3.78. The molecule has 1 aliphatic heterocycles. The molecule has 148 valence electrons. The number of carbonyl (C=O) groups is 1. The molecule has 1 aromatic carbocycles. The van der Waals surface area contributed by atoms with E-state index in [1.807, 2.05) is 30.5 Å². The predicted octanol–water partition coefficient (Wildman–Crippen LogP) is 3.57. The molecule has 0 saturated carbocycles. The molecule has 8 nitrogen and oxygen atoms in total. The van der Waals surface area contributed by atoms with Crippen LogP contribution in [-0.2, 0) is 4.74 Å². The van der Waals surface area contributed by atoms with Crippen molar-refractivity contribution >= 4 is 45.2 Å². The molecule has 0 unspecified atom stereocenters. The summed E-state index contributed by atoms with van der Waals surface area (Å²) in [5, 5.41) is 1.75. The molecule has 30 heavy (non-hydrogen) atoms. The van der Waals surface area contributed by atoms with E-state index in [1.165, 1.54) is 6.20 Å². The maximum Gasteiger partial charge on any atom is 0.229 e. The van der Waals surface area contributed by atoms with Gasteiger partial charge >= 0.3 is 0 Å². The van der Waals surface area contributed by atoms with Gasteiger partial charge in [0.2, 0.25) is 5.71 Å². The van der Waals surface area contributed by atoms with Crippen LogP contribution < -0.4 is 4.90 Å². The Morgan fingerprint density at radius 3 is 2.87 bits per heavy atom. The van der Waals surface area contributed by atoms with Crippen molar-refractivity contribution in [2.75, 3.05) is 31.2 Å². The summed E-state index contributed by atoms with van der Waals surface area (Å²) < 4.78 is 11.6. The molecular formula is C22H17N5O3. The van der Waals surface area contributed by atoms with Crippen LogP contribution in [0, 0.1) is 0 Å². The predicted molar refractivity (Wildman–Crippen MR) is 113 cm³/mol. The lowest BCUT2D eigenvalue weighted by Gasteiger charge is -2.27. The third kappa shape index (κ3) is 2.57. The smallest absolute Gasteiger partial charge is 0.229 e. The number of morpholine rings is 1. The molecule has 1 saturated heterocycles. The number of ether oxygens (including phenoxy) is 1. The Bertz CT molecular complexity index is 1410. The largest absolute Gasteiger partial charge is 0.432 e. The van der Waals surface area contributed by atoms with Crippen molar-refractivity contribution in [3.63, 3.8) is 0 Å². The molecular weight excluding hydrogens is 382 g/mol. The highest BCUT2D eigenvalue weighted by Crippen LogP contribution is 2.36. The minimum Gasteiger partial charge on any atom is -0.432 e. The minimum absolute atomic E-state index is 0.441. The highest BCUT2D eigenvalue weighted by Gasteiger charge is 2.23. The lowest BCUT2D eigenvalue weighted by molar-refractivity contribution is 0.112. The summed E-state index contributed by atoms with van der Waals surface area (Å²) in [4.78, 5) is 30.8. The first-order valence-corrected chi connectivity index (χ1v) is 9.76. The maximum absolute atomic E-state index is 11.3. The fraction of sp³-hybridized carbons (Fsp3) is 0.182. The van der Waals surface area contributed by atoms with Crippen LogP contribution in [-0.4, -0.2) is 52.5 Å². The van der Waals surface area contributed by atoms with Gasteiger partial charge in [-0.25, -0.2) is 15.0 Å². The molecule has 1 aliphatic rings. The third-order valence-electron chi connectivity index (χ3n) is 5.46. The number of fused-ring (bicyclic) bond motifs is 4. The van der Waals surface area contributed by atoms with E-state index in [4.69, 9.17) is 19.1 Å². The molecule has 1 N–H and O–H groups in total. The molecule has 0 radical (unpaired) electrons. The van der Waals surface area contributed by atoms with Gasteiger partial charge in [0.15, 0.2) is 23.5 Å². The lowest BCUT2D eigenvalue weighted by Crippen LogP contribution is -2.37. The second kappa shape index (κ2) is 6.64. The summed E-state index contributed by atoms with van der Waals surface area (Å²) in [6, 6.07) is 9.80. The van der Waals surface area contributed by atoms with Gasteiger partial charge in [-0.05, 0) is 18.2 Å². The van der Waals surface area contributed by atoms with E-state index in [0.717, 1.165) is 28.6 Å². The van der Waals surface area contributed by atoms with Crippen LogP contribution in [0.25, 0.3) is 44.5 Å². The van der Waals surface area contributed by atoms with Crippen LogP contribution in [0.1, 0.15) is 10.4 Å². The highest BCUT2D eigenvalue weighted by molar-refractivity contribution is 6.07. The Balaban J connectivity index is 1.68. The number of benzene rings is 1. The van der Waals surface area contributed by atoms with Gasteiger partial charge in [-0.15, -0.1) is 0 Å². The summed E-state index contributed by atoms with van der Waals surface area (Å²) >= 11 is 0. The molecule has 5 aromatic rings. The second-order valence-corrected chi connectivity index (χ2v) is 7.23. The quantitative estimate of drug-likeness (QED) is 0.463. The number of nitrogens with zero attached hydrogens (tertiary/aromatic N) is 4. The van der Waals surface area contributed by atoms with Gasteiger partial charge in [0.1, 0.15) is 5.52 Å². The summed E-state index contributed by atoms with van der Waals surface area (Å²) in [7, 11) is 0. The molecule has 0 amide bonds. The molecule has 5 heterocycles. The number of rotatable bonds is 3. The Morgan fingerprint density at radius 1 is 1.10 bits per heavy atom. The summed E-state index contributed by atoms with van der Waals surface area (Å²) in [5.74, 6) is 1.32. The lowest BCUT2D eigenvalue weighted by atomic mass is 10.1. The van der Waals surface area contributed by atoms with E-state index >= 15 is 0 Å². The van der Waals surface area contributed by atoms with E-state index in [1.54, 1.807) is 6.07 Å². The van der Waals surface area contributed by atoms with Crippen LogP contribution in [0.15, 0.2) is 47.1 Å². The molecule has 8 heteroatoms. The topological polar surface area (TPSA) is 97.1 Å². The molecule has 0 atom stereocenters. The zero-order valence-corrected chi connectivity index (χ0v) is 16.0. The van der Waals surface area contributed by atoms with Gasteiger partial charge < -0.3 is 19.0 Å². The van der Waals surface area contributed by atoms with E-state index in [0.29, 0.717) is 59.9 Å². The van der Waals surface area contributed by atoms with Gasteiger partial charge in [-0.3, -0.25) is 4.79 Å². The minimum atomic E-state index is 0.441. The normalized spacial score (nSPS) is 14.7. The van der Waals surface area contributed by atoms with E-state index in [9.17, 15) is 4.79 Å². The molecule has 0 spiro atoms. The number of anilines is 1. The SMILES string of the molecule is O=Cc1cnc2oc3c(N4CCOCC4)nc(-c4cccc5[nH]ccc45)nc3c2c1. The fourth-order valence-electron chi connectivity index (χ4n) is 3.99. The van der Waals surface area contributed by atoms with Gasteiger partial charge in [0, 0.05) is 47.5 Å². The first-order chi connectivity index (χ1) is 14.8. The number of pyridine rings is 1. The Kier molecular flexibility index (Phi) is 3.78. The van der Waals surface area contributed by atoms with Crippen LogP contribution in [0.2, 0.25) is 0 Å². The van der Waals surface area contributed by atoms with Crippen LogP contribution in [0.3, 0.4) is 0 Å². The summed E-state index contributed by atoms with van der Waals surface area (Å²) in [6.07, 6.45) is 4.18. The second-order valence-electron chi connectivity index (χ2n) is 7.23. The van der Waals surface area contributed by atoms with Crippen LogP contribution >= 0.6 is 0 Å². The molecule has 0 bridgehead atoms. The van der Waals surface area contributed by atoms with Gasteiger partial charge in [-0.1, -0.05) is 12.1 Å². The number of hydrogen-bond acceptors (Lipinski definition) is 7. The van der Waals surface area contributed by atoms with Gasteiger partial charge in [0.25, 0.3) is 0 Å². The van der Waals surface area contributed by atoms with Crippen molar-refractivity contribution in [1.82, 2.24) is 19.9 Å². The average molecular weight is 399 g/mol. The highest BCUT2D eigenvalue weighted by atomic mass is 16.5. The van der Waals surface area contributed by atoms with E-state index < -0.39 is 0 Å². The Labute approximate surface area is 170 Å². The maximum atomic E-state index is 11.3. The standard InChI is InChI=1S/C22H17N5O3/c28-12-13-10-16-18-19(30-22(16)24-11-13)21(27-6-8-29-9-7-27)26-20(25-18)15-2-1-3-17-14(15)4-5-23-17/h1-5,10-12,23H,6-9H2. The zero-order valence-electron chi connectivity index (χ0n) is 16.0. The van der Waals surface area contributed by atoms with Gasteiger partial charge in [-0.2, -0.15) is 0 Å². The van der Waals surface area contributed by atoms with Crippen molar-refractivity contribution in [3.8, 4) is 11.4 Å². The Morgan fingerprint density at radius 2 is 2.00 bits per heavy atom. The number of carbonyl (C=O) groups excluding carboxylic acids is 1. The van der Waals surface area contributed by atoms with Crippen molar-refractivity contribution in [3.05, 3.63) is 48.3 Å². The van der Waals surface area contributed by atoms with Crippen molar-refractivity contribution in [2.45, 2.75) is 0 Å². The first-order valence-electron chi connectivity index (χ1n) is 9.76. The number of aromatic nitrogens is 4. The molecule has 4 aromatic heterocycles. The van der Waals surface area contributed by atoms with Crippen molar-refractivity contribution in [2.24, 2.45) is 0 Å². The number of furan rings is 1. The van der Waals surface area contributed by atoms with Crippen molar-refractivity contribution in [1.29, 1.82) is 0 Å². The number of aromatic amines is 1. The number of H-pyrrole nitrogens is 1. The summed E-state index contributed by atoms with van der Waals surface area (Å²) in [6.45, 7) is 2.68. The van der Waals surface area contributed by atoms with E-state index in [2.05, 4.69) is 14.9 Å². The van der Waals surface area contributed by atoms with E-state index in [-0.39, 0.29) is 0 Å². The average Bonchev–Trinajstić information content (AvgIpc) is 3.43. The number of nitrogens with one attached hydrogen (secondary N) is 1. The molecule has 1 fully saturated rings.